The predicted octanol–water partition coefficient (Wildman–Crippen LogP) is -0.228. The molecule has 68 valence electrons. The van der Waals surface area contributed by atoms with Gasteiger partial charge in [-0.2, -0.15) is 8.42 Å². The Labute approximate surface area is 67.3 Å². The minimum Gasteiger partial charge on any atom is -0.286 e. The van der Waals surface area contributed by atoms with E-state index in [9.17, 15) is 8.42 Å². The second-order valence-electron chi connectivity index (χ2n) is 1.91. The van der Waals surface area contributed by atoms with Gasteiger partial charge in [-0.1, -0.05) is 11.8 Å². The van der Waals surface area contributed by atoms with E-state index < -0.39 is 10.2 Å². The molecule has 0 radical (unpaired) electrons. The smallest absolute Gasteiger partial charge is 0.286 e. The SMILES string of the molecule is CCCNS(=O)(=O)NOCC. The molecule has 0 aromatic carbocycles. The van der Waals surface area contributed by atoms with E-state index in [0.29, 0.717) is 13.2 Å². The molecule has 0 saturated carbocycles. The lowest BCUT2D eigenvalue weighted by Gasteiger charge is -2.05. The summed E-state index contributed by atoms with van der Waals surface area (Å²) in [6.45, 7) is 4.31. The Morgan fingerprint density at radius 2 is 2.00 bits per heavy atom. The van der Waals surface area contributed by atoms with Crippen LogP contribution in [0.15, 0.2) is 0 Å². The molecule has 0 aromatic heterocycles. The van der Waals surface area contributed by atoms with Crippen LogP contribution in [-0.4, -0.2) is 21.6 Å². The first-order valence-corrected chi connectivity index (χ1v) is 4.99. The highest BCUT2D eigenvalue weighted by atomic mass is 32.2. The van der Waals surface area contributed by atoms with Crippen LogP contribution < -0.4 is 9.61 Å². The zero-order valence-electron chi connectivity index (χ0n) is 6.75. The second-order valence-corrected chi connectivity index (χ2v) is 3.38. The third kappa shape index (κ3) is 6.24. The molecule has 0 amide bonds. The van der Waals surface area contributed by atoms with Crippen LogP contribution in [0.3, 0.4) is 0 Å². The number of rotatable bonds is 6. The molecule has 0 aromatic rings. The summed E-state index contributed by atoms with van der Waals surface area (Å²) in [4.78, 5) is 6.40. The summed E-state index contributed by atoms with van der Waals surface area (Å²) < 4.78 is 23.9. The van der Waals surface area contributed by atoms with E-state index in [-0.39, 0.29) is 0 Å². The van der Waals surface area contributed by atoms with E-state index in [2.05, 4.69) is 9.56 Å². The lowest BCUT2D eigenvalue weighted by molar-refractivity contribution is 0.104. The first-order valence-electron chi connectivity index (χ1n) is 3.50. The molecular weight excluding hydrogens is 168 g/mol. The molecule has 2 N–H and O–H groups in total. The van der Waals surface area contributed by atoms with Crippen molar-refractivity contribution in [3.63, 3.8) is 0 Å². The van der Waals surface area contributed by atoms with E-state index >= 15 is 0 Å². The van der Waals surface area contributed by atoms with Crippen molar-refractivity contribution in [3.05, 3.63) is 0 Å². The molecule has 0 bridgehead atoms. The highest BCUT2D eigenvalue weighted by Crippen LogP contribution is 1.78. The first kappa shape index (κ1) is 10.8. The summed E-state index contributed by atoms with van der Waals surface area (Å²) in [5.41, 5.74) is 0. The predicted molar refractivity (Wildman–Crippen MR) is 42.0 cm³/mol. The van der Waals surface area contributed by atoms with Gasteiger partial charge >= 0.3 is 0 Å². The summed E-state index contributed by atoms with van der Waals surface area (Å²) in [6, 6.07) is 0. The van der Waals surface area contributed by atoms with Gasteiger partial charge in [-0.3, -0.25) is 4.84 Å². The van der Waals surface area contributed by atoms with Crippen LogP contribution in [0.5, 0.6) is 0 Å². The molecule has 0 aliphatic carbocycles. The molecule has 0 unspecified atom stereocenters. The average molecular weight is 182 g/mol. The van der Waals surface area contributed by atoms with Crippen molar-refractivity contribution in [1.29, 1.82) is 0 Å². The fourth-order valence-corrected chi connectivity index (χ4v) is 1.21. The molecule has 0 atom stereocenters. The lowest BCUT2D eigenvalue weighted by Crippen LogP contribution is -2.36. The Morgan fingerprint density at radius 1 is 1.36 bits per heavy atom. The highest BCUT2D eigenvalue weighted by molar-refractivity contribution is 7.87. The Kier molecular flexibility index (Phi) is 5.39. The molecule has 0 aliphatic rings. The Morgan fingerprint density at radius 3 is 2.45 bits per heavy atom. The Hall–Kier alpha value is -0.170. The van der Waals surface area contributed by atoms with Gasteiger partial charge < -0.3 is 0 Å². The molecule has 6 heteroatoms. The Balaban J connectivity index is 3.63. The van der Waals surface area contributed by atoms with Crippen molar-refractivity contribution in [2.45, 2.75) is 20.3 Å². The molecular formula is C5H14N2O3S. The van der Waals surface area contributed by atoms with Crippen molar-refractivity contribution in [1.82, 2.24) is 9.61 Å². The molecule has 0 spiro atoms. The van der Waals surface area contributed by atoms with Gasteiger partial charge in [0.1, 0.15) is 0 Å². The zero-order chi connectivity index (χ0) is 8.74. The van der Waals surface area contributed by atoms with Gasteiger partial charge in [-0.15, -0.1) is 0 Å². The van der Waals surface area contributed by atoms with Crippen LogP contribution in [0.25, 0.3) is 0 Å². The third-order valence-electron chi connectivity index (χ3n) is 0.855. The second kappa shape index (κ2) is 5.48. The van der Waals surface area contributed by atoms with Crippen molar-refractivity contribution in [2.24, 2.45) is 0 Å². The molecule has 0 saturated heterocycles. The van der Waals surface area contributed by atoms with Crippen LogP contribution in [0.2, 0.25) is 0 Å². The maximum atomic E-state index is 10.8. The molecule has 11 heavy (non-hydrogen) atoms. The van der Waals surface area contributed by atoms with Crippen LogP contribution in [0.1, 0.15) is 20.3 Å². The van der Waals surface area contributed by atoms with Crippen molar-refractivity contribution >= 4 is 10.2 Å². The number of nitrogens with one attached hydrogen (secondary N) is 2. The van der Waals surface area contributed by atoms with Gasteiger partial charge in [0.25, 0.3) is 10.2 Å². The molecule has 0 fully saturated rings. The minimum absolute atomic E-state index is 0.313. The van der Waals surface area contributed by atoms with Crippen molar-refractivity contribution in [3.8, 4) is 0 Å². The summed E-state index contributed by atoms with van der Waals surface area (Å²) in [5, 5.41) is 0. The highest BCUT2D eigenvalue weighted by Gasteiger charge is 2.05. The monoisotopic (exact) mass is 182 g/mol. The summed E-state index contributed by atoms with van der Waals surface area (Å²) in [7, 11) is -3.43. The fraction of sp³-hybridized carbons (Fsp3) is 1.00. The Bertz CT molecular complexity index is 164. The van der Waals surface area contributed by atoms with Crippen LogP contribution in [0.4, 0.5) is 0 Å². The van der Waals surface area contributed by atoms with Crippen LogP contribution >= 0.6 is 0 Å². The molecule has 0 aliphatic heterocycles. The van der Waals surface area contributed by atoms with Gasteiger partial charge in [0.05, 0.1) is 6.61 Å². The quantitative estimate of drug-likeness (QED) is 0.558. The van der Waals surface area contributed by atoms with Gasteiger partial charge in [-0.05, 0) is 13.3 Å². The summed E-state index contributed by atoms with van der Waals surface area (Å²) in [5.74, 6) is 0. The first-order chi connectivity index (χ1) is 5.12. The minimum atomic E-state index is -3.43. The number of hydrogen-bond donors (Lipinski definition) is 2. The van der Waals surface area contributed by atoms with Crippen LogP contribution in [-0.2, 0) is 15.0 Å². The van der Waals surface area contributed by atoms with Gasteiger partial charge in [-0.25, -0.2) is 4.72 Å². The fourth-order valence-electron chi connectivity index (χ4n) is 0.402. The van der Waals surface area contributed by atoms with E-state index in [1.54, 1.807) is 6.92 Å². The largest absolute Gasteiger partial charge is 0.299 e. The normalized spacial score (nSPS) is 11.8. The van der Waals surface area contributed by atoms with Crippen molar-refractivity contribution < 1.29 is 13.3 Å². The van der Waals surface area contributed by atoms with Crippen molar-refractivity contribution in [2.75, 3.05) is 13.2 Å². The van der Waals surface area contributed by atoms with E-state index in [1.807, 2.05) is 11.8 Å². The molecule has 5 nitrogen and oxygen atoms in total. The van der Waals surface area contributed by atoms with Gasteiger partial charge in [0, 0.05) is 6.54 Å². The van der Waals surface area contributed by atoms with Gasteiger partial charge in [0.2, 0.25) is 0 Å². The maximum absolute atomic E-state index is 10.8. The topological polar surface area (TPSA) is 67.4 Å². The average Bonchev–Trinajstić information content (AvgIpc) is 1.97. The lowest BCUT2D eigenvalue weighted by atomic mass is 10.5. The number of hydrogen-bond acceptors (Lipinski definition) is 3. The van der Waals surface area contributed by atoms with E-state index in [0.717, 1.165) is 6.42 Å². The maximum Gasteiger partial charge on any atom is 0.299 e. The molecule has 0 heterocycles. The third-order valence-corrected chi connectivity index (χ3v) is 1.78. The van der Waals surface area contributed by atoms with Crippen LogP contribution in [0, 0.1) is 0 Å². The van der Waals surface area contributed by atoms with Gasteiger partial charge in [0.15, 0.2) is 0 Å². The standard InChI is InChI=1S/C5H14N2O3S/c1-3-5-6-11(8,9)7-10-4-2/h6-7H,3-5H2,1-2H3. The van der Waals surface area contributed by atoms with E-state index in [1.165, 1.54) is 0 Å². The zero-order valence-corrected chi connectivity index (χ0v) is 7.57. The summed E-state index contributed by atoms with van der Waals surface area (Å²) >= 11 is 0. The summed E-state index contributed by atoms with van der Waals surface area (Å²) in [6.07, 6.45) is 0.757. The molecule has 0 rings (SSSR count). The van der Waals surface area contributed by atoms with E-state index in [4.69, 9.17) is 0 Å².